The lowest BCUT2D eigenvalue weighted by atomic mass is 10.1. The van der Waals surface area contributed by atoms with E-state index in [1.54, 1.807) is 36.7 Å². The topological polar surface area (TPSA) is 114 Å². The molecule has 0 saturated heterocycles. The molecule has 0 atom stereocenters. The van der Waals surface area contributed by atoms with Crippen LogP contribution in [0.25, 0.3) is 0 Å². The molecule has 4 N–H and O–H groups in total. The zero-order chi connectivity index (χ0) is 18.2. The lowest BCUT2D eigenvalue weighted by molar-refractivity contribution is 0.0943. The lowest BCUT2D eigenvalue weighted by Gasteiger charge is -2.02. The minimum absolute atomic E-state index is 0.371. The molecule has 2 aromatic heterocycles. The van der Waals surface area contributed by atoms with Gasteiger partial charge in [-0.1, -0.05) is 0 Å². The van der Waals surface area contributed by atoms with Crippen molar-refractivity contribution < 1.29 is 9.59 Å². The second kappa shape index (κ2) is 8.25. The van der Waals surface area contributed by atoms with E-state index in [0.29, 0.717) is 11.1 Å². The molecule has 130 valence electrons. The molecule has 3 aromatic rings. The summed E-state index contributed by atoms with van der Waals surface area (Å²) in [6.07, 6.45) is 6.52. The Kier molecular flexibility index (Phi) is 5.36. The van der Waals surface area contributed by atoms with Crippen molar-refractivity contribution >= 4 is 24.2 Å². The predicted octanol–water partition coefficient (Wildman–Crippen LogP) is 1.87. The van der Waals surface area contributed by atoms with Gasteiger partial charge in [-0.15, -0.1) is 0 Å². The third-order valence-electron chi connectivity index (χ3n) is 3.39. The van der Waals surface area contributed by atoms with Gasteiger partial charge >= 0.3 is 0 Å². The van der Waals surface area contributed by atoms with Crippen molar-refractivity contribution in [3.63, 3.8) is 0 Å². The summed E-state index contributed by atoms with van der Waals surface area (Å²) >= 11 is 0. The molecule has 0 saturated carbocycles. The normalized spacial score (nSPS) is 11.1. The minimum atomic E-state index is -0.371. The zero-order valence-electron chi connectivity index (χ0n) is 13.6. The van der Waals surface area contributed by atoms with Crippen molar-refractivity contribution in [2.45, 2.75) is 0 Å². The Morgan fingerprint density at radius 2 is 1.15 bits per heavy atom. The Balaban J connectivity index is 1.53. The summed E-state index contributed by atoms with van der Waals surface area (Å²) in [5, 5.41) is 7.71. The number of hydrogen-bond acceptors (Lipinski definition) is 4. The molecule has 2 amide bonds. The standard InChI is InChI=1S/C18H16N6O2/c25-17(23-21-11-15-3-1-9-19-15)13-5-7-14(8-6-13)18(26)24-22-12-16-4-2-10-20-16/h1-12,19-20H,(H,23,25)(H,24,26)/b21-11-,22-12-. The molecule has 0 aliphatic carbocycles. The zero-order valence-corrected chi connectivity index (χ0v) is 13.6. The van der Waals surface area contributed by atoms with Crippen LogP contribution in [-0.4, -0.2) is 34.2 Å². The highest BCUT2D eigenvalue weighted by atomic mass is 16.2. The Bertz CT molecular complexity index is 832. The van der Waals surface area contributed by atoms with Crippen molar-refractivity contribution in [2.24, 2.45) is 10.2 Å². The van der Waals surface area contributed by atoms with Gasteiger partial charge in [0.2, 0.25) is 0 Å². The number of aromatic amines is 2. The predicted molar refractivity (Wildman–Crippen MR) is 98.1 cm³/mol. The van der Waals surface area contributed by atoms with E-state index in [2.05, 4.69) is 31.0 Å². The molecule has 0 aliphatic rings. The molecule has 3 rings (SSSR count). The first kappa shape index (κ1) is 16.9. The molecule has 26 heavy (non-hydrogen) atoms. The molecular weight excluding hydrogens is 332 g/mol. The number of amides is 2. The van der Waals surface area contributed by atoms with Crippen molar-refractivity contribution in [3.05, 3.63) is 83.4 Å². The van der Waals surface area contributed by atoms with Crippen molar-refractivity contribution in [2.75, 3.05) is 0 Å². The molecule has 0 spiro atoms. The van der Waals surface area contributed by atoms with E-state index < -0.39 is 0 Å². The number of nitrogens with one attached hydrogen (secondary N) is 4. The molecule has 0 unspecified atom stereocenters. The van der Waals surface area contributed by atoms with E-state index in [1.165, 1.54) is 12.4 Å². The smallest absolute Gasteiger partial charge is 0.271 e. The Hall–Kier alpha value is -3.94. The summed E-state index contributed by atoms with van der Waals surface area (Å²) in [5.74, 6) is -0.742. The van der Waals surface area contributed by atoms with Crippen molar-refractivity contribution in [1.29, 1.82) is 0 Å². The highest BCUT2D eigenvalue weighted by molar-refractivity contribution is 5.98. The Morgan fingerprint density at radius 1 is 0.731 bits per heavy atom. The number of hydrazone groups is 2. The monoisotopic (exact) mass is 348 g/mol. The SMILES string of the molecule is O=C(N/N=C\c1ccc[nH]1)c1ccc(C(=O)N/N=C\c2ccc[nH]2)cc1. The fourth-order valence-corrected chi connectivity index (χ4v) is 2.07. The highest BCUT2D eigenvalue weighted by Gasteiger charge is 2.08. The molecular formula is C18H16N6O2. The second-order valence-corrected chi connectivity index (χ2v) is 5.23. The summed E-state index contributed by atoms with van der Waals surface area (Å²) in [6, 6.07) is 13.5. The van der Waals surface area contributed by atoms with E-state index in [-0.39, 0.29) is 11.8 Å². The van der Waals surface area contributed by atoms with E-state index in [4.69, 9.17) is 0 Å². The van der Waals surface area contributed by atoms with Gasteiger partial charge in [0.05, 0.1) is 23.8 Å². The van der Waals surface area contributed by atoms with Gasteiger partial charge in [0.15, 0.2) is 0 Å². The van der Waals surface area contributed by atoms with Crippen LogP contribution in [0.4, 0.5) is 0 Å². The molecule has 8 heteroatoms. The average molecular weight is 348 g/mol. The van der Waals surface area contributed by atoms with Crippen LogP contribution < -0.4 is 10.9 Å². The van der Waals surface area contributed by atoms with E-state index in [0.717, 1.165) is 11.4 Å². The van der Waals surface area contributed by atoms with Crippen LogP contribution in [0.5, 0.6) is 0 Å². The number of carbonyl (C=O) groups is 2. The summed E-state index contributed by atoms with van der Waals surface area (Å²) in [5.41, 5.74) is 7.17. The molecule has 2 heterocycles. The highest BCUT2D eigenvalue weighted by Crippen LogP contribution is 2.04. The summed E-state index contributed by atoms with van der Waals surface area (Å²) in [7, 11) is 0. The summed E-state index contributed by atoms with van der Waals surface area (Å²) < 4.78 is 0. The Labute approximate surface area is 149 Å². The van der Waals surface area contributed by atoms with Gasteiger partial charge in [0, 0.05) is 23.5 Å². The molecule has 0 aliphatic heterocycles. The maximum Gasteiger partial charge on any atom is 0.271 e. The van der Waals surface area contributed by atoms with Gasteiger partial charge in [-0.2, -0.15) is 10.2 Å². The van der Waals surface area contributed by atoms with Gasteiger partial charge in [0.25, 0.3) is 11.8 Å². The number of nitrogens with zero attached hydrogens (tertiary/aromatic N) is 2. The fraction of sp³-hybridized carbons (Fsp3) is 0. The number of hydrogen-bond donors (Lipinski definition) is 4. The lowest BCUT2D eigenvalue weighted by Crippen LogP contribution is -2.19. The van der Waals surface area contributed by atoms with Crippen molar-refractivity contribution in [1.82, 2.24) is 20.8 Å². The van der Waals surface area contributed by atoms with Crippen LogP contribution in [0, 0.1) is 0 Å². The van der Waals surface area contributed by atoms with E-state index >= 15 is 0 Å². The second-order valence-electron chi connectivity index (χ2n) is 5.23. The van der Waals surface area contributed by atoms with E-state index in [9.17, 15) is 9.59 Å². The first-order valence-electron chi connectivity index (χ1n) is 7.76. The number of H-pyrrole nitrogens is 2. The molecule has 0 fully saturated rings. The van der Waals surface area contributed by atoms with Crippen LogP contribution >= 0.6 is 0 Å². The average Bonchev–Trinajstić information content (AvgIpc) is 3.36. The van der Waals surface area contributed by atoms with Gasteiger partial charge in [-0.05, 0) is 48.5 Å². The number of aromatic nitrogens is 2. The molecule has 0 bridgehead atoms. The van der Waals surface area contributed by atoms with Gasteiger partial charge in [-0.3, -0.25) is 9.59 Å². The maximum absolute atomic E-state index is 12.0. The molecule has 0 radical (unpaired) electrons. The number of carbonyl (C=O) groups excluding carboxylic acids is 2. The quantitative estimate of drug-likeness (QED) is 0.402. The largest absolute Gasteiger partial charge is 0.360 e. The summed E-state index contributed by atoms with van der Waals surface area (Å²) in [4.78, 5) is 29.9. The first-order valence-corrected chi connectivity index (χ1v) is 7.76. The van der Waals surface area contributed by atoms with Crippen LogP contribution in [0.2, 0.25) is 0 Å². The maximum atomic E-state index is 12.0. The van der Waals surface area contributed by atoms with Gasteiger partial charge in [0.1, 0.15) is 0 Å². The van der Waals surface area contributed by atoms with Gasteiger partial charge < -0.3 is 9.97 Å². The van der Waals surface area contributed by atoms with Crippen LogP contribution in [0.15, 0.2) is 71.1 Å². The third kappa shape index (κ3) is 4.54. The Morgan fingerprint density at radius 3 is 1.50 bits per heavy atom. The van der Waals surface area contributed by atoms with Gasteiger partial charge in [-0.25, -0.2) is 10.9 Å². The third-order valence-corrected chi connectivity index (χ3v) is 3.39. The minimum Gasteiger partial charge on any atom is -0.360 e. The molecule has 8 nitrogen and oxygen atoms in total. The van der Waals surface area contributed by atoms with Crippen LogP contribution in [0.3, 0.4) is 0 Å². The number of rotatable bonds is 6. The van der Waals surface area contributed by atoms with Crippen LogP contribution in [-0.2, 0) is 0 Å². The molecule has 1 aromatic carbocycles. The summed E-state index contributed by atoms with van der Waals surface area (Å²) in [6.45, 7) is 0. The van der Waals surface area contributed by atoms with E-state index in [1.807, 2.05) is 24.3 Å². The van der Waals surface area contributed by atoms with Crippen LogP contribution in [0.1, 0.15) is 32.1 Å². The fourth-order valence-electron chi connectivity index (χ4n) is 2.07. The number of benzene rings is 1. The first-order chi connectivity index (χ1) is 12.7. The van der Waals surface area contributed by atoms with Crippen molar-refractivity contribution in [3.8, 4) is 0 Å².